The molecular formula is C97H149N9O27. The van der Waals surface area contributed by atoms with Gasteiger partial charge >= 0.3 is 53.7 Å². The monoisotopic (exact) mass is 1870 g/mol. The second-order valence-corrected chi connectivity index (χ2v) is 29.1. The first kappa shape index (κ1) is 137. The van der Waals surface area contributed by atoms with Crippen LogP contribution in [-0.4, -0.2) is 223 Å². The Morgan fingerprint density at radius 3 is 0.992 bits per heavy atom. The van der Waals surface area contributed by atoms with Gasteiger partial charge in [0.05, 0.1) is 52.2 Å². The van der Waals surface area contributed by atoms with Crippen molar-refractivity contribution in [2.45, 2.75) is 180 Å². The van der Waals surface area contributed by atoms with Gasteiger partial charge in [0.2, 0.25) is 53.2 Å². The molecule has 133 heavy (non-hydrogen) atoms. The van der Waals surface area contributed by atoms with Crippen LogP contribution in [0.4, 0.5) is 0 Å². The highest BCUT2D eigenvalue weighted by atomic mass is 16.6. The number of unbranched alkanes of at least 4 members (excludes halogenated alkanes) is 1. The average molecular weight is 1870 g/mol. The maximum atomic E-state index is 11.2. The standard InChI is InChI=1S/C12H19NO3.6C11H17NO3.C10H15NO3.C9H13NO3/c1-6-10(14)13-7-12(4,5)8-16-11(15)9(2)3;1-5-10(13)12-6-9(4)7-15-11(14)8(2)3;1-5-10(13)12-9(4)6-7-15-11(14)8(2)3;1-5-10(13)12-7-6-9(4)15-11(14)8(2)3;1-5-9(12-10(13)6-2)7-15-11(14)8(3)4;1-5-9(7-12-10(13)6-2)15-11(14)8(3)4;1-4-10(13)12-7-5-6-8-15-11(14)9(2)3;1-4-9(12)11-6-5-7-14-10(13)8(2)3;1-4-8(11)10-5-6-13-9(12)7(2)3/h6H,1-2,7-8H2,3-5H3,(H,13,14);3*5,9H,1-2,6-7H2,3-4H3,(H,12,13);2*6,9H,2-3,5,7H2,1,4H3,(H,12,13);4H,1-2,5-8H2,3H3,(H,12,13);4H,1-2,5-7H2,3H3,(H,11,12);4H,1-2,5-6H2,3H3,(H,10,11). The van der Waals surface area contributed by atoms with Crippen LogP contribution in [0.2, 0.25) is 0 Å². The summed E-state index contributed by atoms with van der Waals surface area (Å²) in [6.07, 6.45) is 14.7. The zero-order chi connectivity index (χ0) is 105. The minimum absolute atomic E-state index is 0.0478. The van der Waals surface area contributed by atoms with E-state index in [9.17, 15) is 86.3 Å². The van der Waals surface area contributed by atoms with Gasteiger partial charge in [-0.25, -0.2) is 43.2 Å². The van der Waals surface area contributed by atoms with E-state index in [0.29, 0.717) is 128 Å². The highest BCUT2D eigenvalue weighted by molar-refractivity contribution is 5.93. The highest BCUT2D eigenvalue weighted by Gasteiger charge is 2.22. The van der Waals surface area contributed by atoms with Crippen molar-refractivity contribution in [1.82, 2.24) is 47.9 Å². The van der Waals surface area contributed by atoms with Gasteiger partial charge in [-0.15, -0.1) is 0 Å². The maximum absolute atomic E-state index is 11.2. The summed E-state index contributed by atoms with van der Waals surface area (Å²) in [6, 6.07) is -0.229. The fourth-order valence-electron chi connectivity index (χ4n) is 6.80. The first-order valence-electron chi connectivity index (χ1n) is 41.6. The third-order valence-corrected chi connectivity index (χ3v) is 14.7. The van der Waals surface area contributed by atoms with Gasteiger partial charge in [-0.3, -0.25) is 43.2 Å². The second kappa shape index (κ2) is 87.1. The van der Waals surface area contributed by atoms with Gasteiger partial charge in [-0.05, 0) is 163 Å². The van der Waals surface area contributed by atoms with Crippen molar-refractivity contribution in [1.29, 1.82) is 0 Å². The van der Waals surface area contributed by atoms with E-state index in [-0.39, 0.29) is 141 Å². The normalized spacial score (nSPS) is 10.5. The molecule has 5 unspecified atom stereocenters. The fraction of sp³-hybridized carbons (Fsp3) is 0.443. The van der Waals surface area contributed by atoms with Crippen molar-refractivity contribution in [2.24, 2.45) is 11.3 Å². The van der Waals surface area contributed by atoms with Crippen molar-refractivity contribution < 1.29 is 129 Å². The zero-order valence-electron chi connectivity index (χ0n) is 81.2. The Labute approximate surface area is 786 Å². The Hall–Kier alpha value is -14.2. The fourth-order valence-corrected chi connectivity index (χ4v) is 6.80. The first-order valence-corrected chi connectivity index (χ1v) is 41.6. The minimum Gasteiger partial charge on any atom is -0.462 e. The van der Waals surface area contributed by atoms with Crippen LogP contribution in [0.3, 0.4) is 0 Å². The van der Waals surface area contributed by atoms with E-state index in [0.717, 1.165) is 18.9 Å². The highest BCUT2D eigenvalue weighted by Crippen LogP contribution is 2.15. The molecule has 36 nitrogen and oxygen atoms in total. The molecule has 0 heterocycles. The number of esters is 9. The lowest BCUT2D eigenvalue weighted by Gasteiger charge is -2.24. The van der Waals surface area contributed by atoms with Gasteiger partial charge in [0.25, 0.3) is 0 Å². The van der Waals surface area contributed by atoms with E-state index < -0.39 is 47.8 Å². The van der Waals surface area contributed by atoms with Crippen LogP contribution >= 0.6 is 0 Å². The molecule has 0 aliphatic rings. The number of carbonyl (C=O) groups is 18. The number of rotatable bonds is 54. The van der Waals surface area contributed by atoms with Gasteiger partial charge in [0.15, 0.2) is 0 Å². The van der Waals surface area contributed by atoms with Crippen LogP contribution in [0.1, 0.15) is 156 Å². The Morgan fingerprint density at radius 2 is 0.609 bits per heavy atom. The van der Waals surface area contributed by atoms with Crippen LogP contribution in [0.5, 0.6) is 0 Å². The van der Waals surface area contributed by atoms with Crippen molar-refractivity contribution in [3.63, 3.8) is 0 Å². The molecule has 0 aromatic carbocycles. The SMILES string of the molecule is C=CC(=O)NC(C)CCOC(=O)C(=C)C.C=CC(=O)NC(CC)COC(=O)C(=C)C.C=CC(=O)NCC(C)(C)COC(=O)C(=C)C.C=CC(=O)NCC(C)COC(=O)C(=C)C.C=CC(=O)NCC(CC)OC(=O)C(=C)C.C=CC(=O)NCCC(C)OC(=O)C(=C)C.C=CC(=O)NCCCCOC(=O)C(=C)C.C=CC(=O)NCCCOC(=O)C(=C)C.C=CC(=O)NCCOC(=O)C(=C)C. The molecule has 744 valence electrons. The zero-order valence-corrected chi connectivity index (χ0v) is 81.2. The molecule has 0 aliphatic heterocycles. The molecule has 0 saturated carbocycles. The summed E-state index contributed by atoms with van der Waals surface area (Å²) in [6.45, 7) is 92.9. The Morgan fingerprint density at radius 1 is 0.301 bits per heavy atom. The quantitative estimate of drug-likeness (QED) is 0.0118. The topological polar surface area (TPSA) is 499 Å². The molecule has 36 heteroatoms. The van der Waals surface area contributed by atoms with Crippen LogP contribution < -0.4 is 47.9 Å². The molecule has 0 aliphatic carbocycles. The third-order valence-electron chi connectivity index (χ3n) is 14.7. The number of nitrogens with one attached hydrogen (secondary N) is 9. The van der Waals surface area contributed by atoms with Gasteiger partial charge in [0, 0.05) is 113 Å². The molecule has 5 atom stereocenters. The van der Waals surface area contributed by atoms with Crippen molar-refractivity contribution in [3.05, 3.63) is 223 Å². The van der Waals surface area contributed by atoms with E-state index in [1.54, 1.807) is 69.2 Å². The maximum Gasteiger partial charge on any atom is 0.333 e. The molecule has 0 rings (SSSR count). The summed E-state index contributed by atoms with van der Waals surface area (Å²) in [4.78, 5) is 196. The lowest BCUT2D eigenvalue weighted by Crippen LogP contribution is -2.37. The molecular weight excluding hydrogens is 1720 g/mol. The largest absolute Gasteiger partial charge is 0.462 e. The first-order chi connectivity index (χ1) is 61.9. The third kappa shape index (κ3) is 96.7. The second-order valence-electron chi connectivity index (χ2n) is 29.1. The van der Waals surface area contributed by atoms with Gasteiger partial charge in [0.1, 0.15) is 25.4 Å². The number of hydrogen-bond acceptors (Lipinski definition) is 27. The summed E-state index contributed by atoms with van der Waals surface area (Å²) in [5.41, 5.74) is 2.98. The number of hydrogen-bond donors (Lipinski definition) is 9. The van der Waals surface area contributed by atoms with Crippen molar-refractivity contribution in [2.75, 3.05) is 92.1 Å². The van der Waals surface area contributed by atoms with Gasteiger partial charge in [-0.2, -0.15) is 0 Å². The van der Waals surface area contributed by atoms with E-state index in [1.165, 1.54) is 48.6 Å². The molecule has 9 amide bonds. The number of amides is 9. The van der Waals surface area contributed by atoms with E-state index in [2.05, 4.69) is 166 Å². The lowest BCUT2D eigenvalue weighted by atomic mass is 9.95. The molecule has 0 spiro atoms. The summed E-state index contributed by atoms with van der Waals surface area (Å²) in [7, 11) is 0. The van der Waals surface area contributed by atoms with Gasteiger partial charge < -0.3 is 90.5 Å². The van der Waals surface area contributed by atoms with E-state index in [4.69, 9.17) is 42.6 Å². The molecule has 0 radical (unpaired) electrons. The van der Waals surface area contributed by atoms with Crippen molar-refractivity contribution >= 4 is 107 Å². The molecule has 0 aromatic heterocycles. The summed E-state index contributed by atoms with van der Waals surface area (Å²) >= 11 is 0. The molecule has 0 aromatic rings. The molecule has 0 fully saturated rings. The summed E-state index contributed by atoms with van der Waals surface area (Å²) in [5.74, 6) is -5.83. The number of ether oxygens (including phenoxy) is 9. The molecule has 0 saturated heterocycles. The van der Waals surface area contributed by atoms with E-state index in [1.807, 2.05) is 41.5 Å². The predicted octanol–water partition coefficient (Wildman–Crippen LogP) is 9.62. The smallest absolute Gasteiger partial charge is 0.333 e. The Bertz CT molecular complexity index is 3980. The average Bonchev–Trinajstić information content (AvgIpc) is 0.907. The van der Waals surface area contributed by atoms with Crippen LogP contribution in [0, 0.1) is 11.3 Å². The Kier molecular flexibility index (Phi) is 89.6. The number of carbonyl (C=O) groups excluding carboxylic acids is 18. The van der Waals surface area contributed by atoms with Crippen molar-refractivity contribution in [3.8, 4) is 0 Å². The van der Waals surface area contributed by atoms with E-state index >= 15 is 0 Å². The predicted molar refractivity (Wildman–Crippen MR) is 514 cm³/mol. The summed E-state index contributed by atoms with van der Waals surface area (Å²) < 4.78 is 44.2. The summed E-state index contributed by atoms with van der Waals surface area (Å²) in [5, 5.41) is 23.4. The minimum atomic E-state index is -0.451. The van der Waals surface area contributed by atoms with Crippen LogP contribution in [0.15, 0.2) is 223 Å². The van der Waals surface area contributed by atoms with Crippen LogP contribution in [0.25, 0.3) is 0 Å². The Balaban J connectivity index is -0.000000186. The van der Waals surface area contributed by atoms with Gasteiger partial charge in [-0.1, -0.05) is 153 Å². The molecule has 0 bridgehead atoms. The molecule has 9 N–H and O–H groups in total. The lowest BCUT2D eigenvalue weighted by molar-refractivity contribution is -0.145. The van der Waals surface area contributed by atoms with Crippen LogP contribution in [-0.2, 0) is 129 Å².